The van der Waals surface area contributed by atoms with Crippen LogP contribution in [0.25, 0.3) is 27.9 Å². The fourth-order valence-electron chi connectivity index (χ4n) is 4.20. The highest BCUT2D eigenvalue weighted by Gasteiger charge is 2.21. The van der Waals surface area contributed by atoms with E-state index >= 15 is 0 Å². The number of aryl methyl sites for hydroxylation is 1. The summed E-state index contributed by atoms with van der Waals surface area (Å²) in [4.78, 5) is 15.8. The summed E-state index contributed by atoms with van der Waals surface area (Å²) in [5.41, 5.74) is 3.73. The second-order valence-electron chi connectivity index (χ2n) is 8.00. The number of fused-ring (bicyclic) bond motifs is 2. The molecule has 6 nitrogen and oxygen atoms in total. The zero-order valence-electron chi connectivity index (χ0n) is 16.7. The number of aromatic nitrogens is 4. The number of nitrogens with zero attached hydrogens (tertiary/aromatic N) is 5. The molecule has 1 N–H and O–H groups in total. The maximum Gasteiger partial charge on any atom is 0.173 e. The molecule has 1 aliphatic rings. The molecule has 7 heteroatoms. The fraction of sp³-hybridized carbons (Fsp3) is 0.318. The van der Waals surface area contributed by atoms with Crippen LogP contribution in [0, 0.1) is 12.7 Å². The summed E-state index contributed by atoms with van der Waals surface area (Å²) in [6, 6.07) is 8.60. The maximum atomic E-state index is 14.4. The molecule has 1 aliphatic heterocycles. The molecule has 2 atom stereocenters. The van der Waals surface area contributed by atoms with Gasteiger partial charge < -0.3 is 14.6 Å². The van der Waals surface area contributed by atoms with Gasteiger partial charge in [-0.3, -0.25) is 0 Å². The summed E-state index contributed by atoms with van der Waals surface area (Å²) in [6.07, 6.45) is 5.43. The van der Waals surface area contributed by atoms with Crippen molar-refractivity contribution in [3.05, 3.63) is 54.4 Å². The summed E-state index contributed by atoms with van der Waals surface area (Å²) < 4.78 is 16.1. The largest absolute Gasteiger partial charge is 0.368 e. The number of piperazine rings is 1. The van der Waals surface area contributed by atoms with Crippen molar-refractivity contribution in [3.63, 3.8) is 0 Å². The van der Waals surface area contributed by atoms with E-state index in [9.17, 15) is 4.39 Å². The van der Waals surface area contributed by atoms with Gasteiger partial charge in [-0.15, -0.1) is 0 Å². The molecule has 0 spiro atoms. The zero-order chi connectivity index (χ0) is 20.1. The minimum atomic E-state index is -0.378. The third kappa shape index (κ3) is 3.31. The molecule has 148 valence electrons. The second kappa shape index (κ2) is 6.77. The molecule has 5 rings (SSSR count). The van der Waals surface area contributed by atoms with Crippen molar-refractivity contribution >= 4 is 22.2 Å². The van der Waals surface area contributed by atoms with Crippen LogP contribution in [0.4, 0.5) is 10.1 Å². The third-order valence-corrected chi connectivity index (χ3v) is 5.37. The number of halogens is 1. The first kappa shape index (κ1) is 18.0. The van der Waals surface area contributed by atoms with Crippen LogP contribution in [0.5, 0.6) is 0 Å². The molecule has 0 radical (unpaired) electrons. The van der Waals surface area contributed by atoms with Crippen LogP contribution in [0.1, 0.15) is 19.5 Å². The lowest BCUT2D eigenvalue weighted by Gasteiger charge is -2.37. The first-order valence-corrected chi connectivity index (χ1v) is 9.89. The van der Waals surface area contributed by atoms with Crippen LogP contribution in [0.2, 0.25) is 0 Å². The molecule has 0 saturated carbocycles. The van der Waals surface area contributed by atoms with Gasteiger partial charge in [0, 0.05) is 60.4 Å². The lowest BCUT2D eigenvalue weighted by atomic mass is 10.1. The van der Waals surface area contributed by atoms with E-state index in [-0.39, 0.29) is 5.82 Å². The molecule has 1 saturated heterocycles. The van der Waals surface area contributed by atoms with Gasteiger partial charge in [0.1, 0.15) is 0 Å². The van der Waals surface area contributed by atoms with Gasteiger partial charge in [0.2, 0.25) is 0 Å². The Hall–Kier alpha value is -3.06. The smallest absolute Gasteiger partial charge is 0.173 e. The van der Waals surface area contributed by atoms with Crippen molar-refractivity contribution in [3.8, 4) is 11.4 Å². The normalized spacial score (nSPS) is 19.9. The van der Waals surface area contributed by atoms with Crippen LogP contribution >= 0.6 is 0 Å². The number of rotatable bonds is 2. The summed E-state index contributed by atoms with van der Waals surface area (Å²) in [7, 11) is 0. The average molecular weight is 390 g/mol. The van der Waals surface area contributed by atoms with Gasteiger partial charge in [0.25, 0.3) is 0 Å². The number of imidazole rings is 1. The van der Waals surface area contributed by atoms with E-state index in [1.54, 1.807) is 10.6 Å². The first-order valence-electron chi connectivity index (χ1n) is 9.89. The highest BCUT2D eigenvalue weighted by Crippen LogP contribution is 2.25. The molecule has 1 fully saturated rings. The van der Waals surface area contributed by atoms with Gasteiger partial charge in [-0.1, -0.05) is 0 Å². The van der Waals surface area contributed by atoms with Crippen molar-refractivity contribution in [2.45, 2.75) is 32.9 Å². The van der Waals surface area contributed by atoms with E-state index in [2.05, 4.69) is 51.1 Å². The molecule has 2 unspecified atom stereocenters. The van der Waals surface area contributed by atoms with Gasteiger partial charge in [-0.05, 0) is 45.0 Å². The standard InChI is InChI=1S/C22H23FN6/c1-13-9-28(10-14(2)25-13)18-4-5-20-16(6-18)8-24-21(27-20)17-7-19(23)22-26-15(3)11-29(22)12-17/h4-8,11-14,25H,9-10H2,1-3H3. The number of anilines is 1. The molecule has 4 heterocycles. The van der Waals surface area contributed by atoms with E-state index in [0.717, 1.165) is 29.7 Å². The minimum Gasteiger partial charge on any atom is -0.368 e. The van der Waals surface area contributed by atoms with Crippen molar-refractivity contribution in [1.82, 2.24) is 24.7 Å². The lowest BCUT2D eigenvalue weighted by Crippen LogP contribution is -2.54. The highest BCUT2D eigenvalue weighted by molar-refractivity contribution is 5.83. The average Bonchev–Trinajstić information content (AvgIpc) is 3.07. The van der Waals surface area contributed by atoms with Gasteiger partial charge in [-0.25, -0.2) is 19.3 Å². The first-order chi connectivity index (χ1) is 14.0. The fourth-order valence-corrected chi connectivity index (χ4v) is 4.20. The molecule has 1 aromatic carbocycles. The Bertz CT molecular complexity index is 1210. The molecule has 29 heavy (non-hydrogen) atoms. The summed E-state index contributed by atoms with van der Waals surface area (Å²) >= 11 is 0. The van der Waals surface area contributed by atoms with E-state index in [1.807, 2.05) is 25.4 Å². The second-order valence-corrected chi connectivity index (χ2v) is 8.00. The maximum absolute atomic E-state index is 14.4. The molecule has 0 amide bonds. The van der Waals surface area contributed by atoms with Gasteiger partial charge in [-0.2, -0.15) is 0 Å². The number of pyridine rings is 1. The predicted molar refractivity (Wildman–Crippen MR) is 113 cm³/mol. The zero-order valence-corrected chi connectivity index (χ0v) is 16.7. The van der Waals surface area contributed by atoms with E-state index in [4.69, 9.17) is 0 Å². The Balaban J connectivity index is 1.51. The number of hydrogen-bond acceptors (Lipinski definition) is 5. The molecular formula is C22H23FN6. The monoisotopic (exact) mass is 390 g/mol. The molecule has 0 bridgehead atoms. The third-order valence-electron chi connectivity index (χ3n) is 5.37. The SMILES string of the molecule is Cc1cn2cc(-c3ncc4cc(N5CC(C)NC(C)C5)ccc4n3)cc(F)c2n1. The van der Waals surface area contributed by atoms with Crippen molar-refractivity contribution in [2.75, 3.05) is 18.0 Å². The summed E-state index contributed by atoms with van der Waals surface area (Å²) in [5, 5.41) is 4.53. The van der Waals surface area contributed by atoms with Gasteiger partial charge in [0.05, 0.1) is 11.2 Å². The Kier molecular flexibility index (Phi) is 4.20. The van der Waals surface area contributed by atoms with Crippen LogP contribution in [0.15, 0.2) is 42.9 Å². The Morgan fingerprint density at radius 2 is 1.86 bits per heavy atom. The topological polar surface area (TPSA) is 58.4 Å². The van der Waals surface area contributed by atoms with Crippen molar-refractivity contribution < 1.29 is 4.39 Å². The van der Waals surface area contributed by atoms with Crippen LogP contribution in [-0.4, -0.2) is 44.5 Å². The van der Waals surface area contributed by atoms with Crippen LogP contribution < -0.4 is 10.2 Å². The summed E-state index contributed by atoms with van der Waals surface area (Å²) in [6.45, 7) is 8.19. The quantitative estimate of drug-likeness (QED) is 0.567. The molecule has 0 aliphatic carbocycles. The molecule has 4 aromatic rings. The van der Waals surface area contributed by atoms with Gasteiger partial charge >= 0.3 is 0 Å². The van der Waals surface area contributed by atoms with E-state index in [1.165, 1.54) is 11.8 Å². The highest BCUT2D eigenvalue weighted by atomic mass is 19.1. The number of hydrogen-bond donors (Lipinski definition) is 1. The van der Waals surface area contributed by atoms with Crippen molar-refractivity contribution in [1.29, 1.82) is 0 Å². The molecular weight excluding hydrogens is 367 g/mol. The minimum absolute atomic E-state index is 0.316. The van der Waals surface area contributed by atoms with E-state index < -0.39 is 0 Å². The summed E-state index contributed by atoms with van der Waals surface area (Å²) in [5.74, 6) is 0.124. The number of nitrogens with one attached hydrogen (secondary N) is 1. The van der Waals surface area contributed by atoms with Gasteiger partial charge in [0.15, 0.2) is 17.3 Å². The van der Waals surface area contributed by atoms with Crippen molar-refractivity contribution in [2.24, 2.45) is 0 Å². The van der Waals surface area contributed by atoms with Crippen LogP contribution in [0.3, 0.4) is 0 Å². The Morgan fingerprint density at radius 3 is 2.66 bits per heavy atom. The van der Waals surface area contributed by atoms with E-state index in [0.29, 0.717) is 29.1 Å². The lowest BCUT2D eigenvalue weighted by molar-refractivity contribution is 0.407. The predicted octanol–water partition coefficient (Wildman–Crippen LogP) is 3.58. The Labute approximate surface area is 168 Å². The van der Waals surface area contributed by atoms with Crippen LogP contribution in [-0.2, 0) is 0 Å². The Morgan fingerprint density at radius 1 is 1.07 bits per heavy atom. The number of benzene rings is 1. The molecule has 3 aromatic heterocycles.